The minimum absolute atomic E-state index is 0.0170. The van der Waals surface area contributed by atoms with Crippen LogP contribution in [0.15, 0.2) is 55.9 Å². The molecule has 7 nitrogen and oxygen atoms in total. The largest absolute Gasteiger partial charge is 0.417 e. The summed E-state index contributed by atoms with van der Waals surface area (Å²) in [5.41, 5.74) is 0.0170. The van der Waals surface area contributed by atoms with Gasteiger partial charge in [-0.3, -0.25) is 14.6 Å². The number of imidazole rings is 1. The highest BCUT2D eigenvalue weighted by atomic mass is 19.4. The number of hydrogen-bond donors (Lipinski definition) is 1. The van der Waals surface area contributed by atoms with Gasteiger partial charge in [0.25, 0.3) is 11.8 Å². The van der Waals surface area contributed by atoms with Crippen LogP contribution in [0, 0.1) is 0 Å². The van der Waals surface area contributed by atoms with E-state index in [9.17, 15) is 22.8 Å². The number of aromatic nitrogens is 3. The Labute approximate surface area is 159 Å². The number of carbonyl (C=O) groups is 2. The number of aryl methyl sites for hydroxylation is 1. The summed E-state index contributed by atoms with van der Waals surface area (Å²) in [4.78, 5) is 33.2. The van der Waals surface area contributed by atoms with E-state index in [-0.39, 0.29) is 25.1 Å². The molecule has 0 spiro atoms. The lowest BCUT2D eigenvalue weighted by Gasteiger charge is -2.32. The number of carbonyl (C=O) groups excluding carboxylic acids is 2. The molecule has 2 amide bonds. The van der Waals surface area contributed by atoms with Gasteiger partial charge in [-0.1, -0.05) is 6.08 Å². The Hall–Kier alpha value is -3.17. The molecule has 2 aromatic rings. The maximum Gasteiger partial charge on any atom is 0.417 e. The molecular weight excluding hydrogens is 375 g/mol. The van der Waals surface area contributed by atoms with E-state index in [1.807, 2.05) is 0 Å². The average Bonchev–Trinajstić information content (AvgIpc) is 3.18. The van der Waals surface area contributed by atoms with Gasteiger partial charge in [-0.2, -0.15) is 13.2 Å². The molecule has 1 atom stereocenters. The first-order valence-corrected chi connectivity index (χ1v) is 8.46. The van der Waals surface area contributed by atoms with Gasteiger partial charge < -0.3 is 14.8 Å². The lowest BCUT2D eigenvalue weighted by atomic mass is 10.1. The smallest absolute Gasteiger partial charge is 0.351 e. The maximum absolute atomic E-state index is 13.7. The molecule has 0 radical (unpaired) electrons. The number of rotatable bonds is 9. The van der Waals surface area contributed by atoms with Crippen LogP contribution in [-0.2, 0) is 11.3 Å². The van der Waals surface area contributed by atoms with E-state index in [1.54, 1.807) is 17.0 Å². The van der Waals surface area contributed by atoms with Gasteiger partial charge in [0.15, 0.2) is 0 Å². The summed E-state index contributed by atoms with van der Waals surface area (Å²) >= 11 is 0. The summed E-state index contributed by atoms with van der Waals surface area (Å²) in [5.74, 6) is -2.21. The summed E-state index contributed by atoms with van der Waals surface area (Å²) in [6.45, 7) is 3.30. The summed E-state index contributed by atoms with van der Waals surface area (Å²) in [7, 11) is 0. The Morgan fingerprint density at radius 1 is 1.25 bits per heavy atom. The number of halogens is 3. The quantitative estimate of drug-likeness (QED) is 0.659. The molecule has 2 rings (SSSR count). The highest BCUT2D eigenvalue weighted by molar-refractivity contribution is 5.97. The van der Waals surface area contributed by atoms with Crippen molar-refractivity contribution in [1.82, 2.24) is 24.8 Å². The molecule has 0 aliphatic heterocycles. The molecule has 2 heterocycles. The third-order valence-corrected chi connectivity index (χ3v) is 3.85. The van der Waals surface area contributed by atoms with Crippen molar-refractivity contribution in [2.24, 2.45) is 0 Å². The highest BCUT2D eigenvalue weighted by Gasteiger charge is 2.50. The summed E-state index contributed by atoms with van der Waals surface area (Å²) in [6.07, 6.45) is 3.85. The molecule has 10 heteroatoms. The molecule has 0 saturated heterocycles. The molecule has 1 N–H and O–H groups in total. The minimum atomic E-state index is -4.94. The fourth-order valence-electron chi connectivity index (χ4n) is 2.59. The van der Waals surface area contributed by atoms with Crippen LogP contribution in [-0.4, -0.2) is 56.6 Å². The molecule has 2 aromatic heterocycles. The molecule has 150 valence electrons. The second-order valence-corrected chi connectivity index (χ2v) is 5.87. The lowest BCUT2D eigenvalue weighted by Crippen LogP contribution is -2.57. The first-order chi connectivity index (χ1) is 13.3. The number of nitrogens with one attached hydrogen (secondary N) is 1. The molecule has 0 aliphatic rings. The van der Waals surface area contributed by atoms with Crippen LogP contribution >= 0.6 is 0 Å². The monoisotopic (exact) mass is 395 g/mol. The molecule has 0 aliphatic carbocycles. The van der Waals surface area contributed by atoms with Crippen molar-refractivity contribution in [3.8, 4) is 0 Å². The fourth-order valence-corrected chi connectivity index (χ4v) is 2.59. The van der Waals surface area contributed by atoms with Crippen LogP contribution in [0.3, 0.4) is 0 Å². The molecular formula is C18H20F3N5O2. The van der Waals surface area contributed by atoms with E-state index in [1.165, 1.54) is 36.9 Å². The lowest BCUT2D eigenvalue weighted by molar-refractivity contribution is -0.184. The third-order valence-electron chi connectivity index (χ3n) is 3.85. The molecule has 0 fully saturated rings. The van der Waals surface area contributed by atoms with Crippen LogP contribution in [0.2, 0.25) is 0 Å². The first kappa shape index (κ1) is 21.1. The minimum Gasteiger partial charge on any atom is -0.351 e. The van der Waals surface area contributed by atoms with Crippen molar-refractivity contribution < 1.29 is 22.8 Å². The second kappa shape index (κ2) is 9.67. The van der Waals surface area contributed by atoms with Crippen molar-refractivity contribution >= 4 is 11.8 Å². The Bertz CT molecular complexity index is 778. The Kier molecular flexibility index (Phi) is 7.30. The predicted molar refractivity (Wildman–Crippen MR) is 95.2 cm³/mol. The number of alkyl halides is 3. The average molecular weight is 395 g/mol. The summed E-state index contributed by atoms with van der Waals surface area (Å²) < 4.78 is 42.8. The van der Waals surface area contributed by atoms with Crippen molar-refractivity contribution in [2.45, 2.75) is 25.2 Å². The van der Waals surface area contributed by atoms with E-state index in [0.717, 1.165) is 0 Å². The Morgan fingerprint density at radius 3 is 2.54 bits per heavy atom. The number of hydrogen-bond acceptors (Lipinski definition) is 4. The van der Waals surface area contributed by atoms with Gasteiger partial charge in [0.1, 0.15) is 0 Å². The van der Waals surface area contributed by atoms with Gasteiger partial charge in [-0.05, 0) is 18.6 Å². The van der Waals surface area contributed by atoms with Crippen LogP contribution in [0.25, 0.3) is 0 Å². The Balaban J connectivity index is 2.28. The second-order valence-electron chi connectivity index (χ2n) is 5.87. The predicted octanol–water partition coefficient (Wildman–Crippen LogP) is 2.04. The fraction of sp³-hybridized carbons (Fsp3) is 0.333. The van der Waals surface area contributed by atoms with Gasteiger partial charge in [0, 0.05) is 50.0 Å². The zero-order valence-corrected chi connectivity index (χ0v) is 15.0. The molecule has 0 bridgehead atoms. The normalized spacial score (nSPS) is 12.2. The number of nitrogens with zero attached hydrogens (tertiary/aromatic N) is 4. The molecule has 28 heavy (non-hydrogen) atoms. The summed E-state index contributed by atoms with van der Waals surface area (Å²) in [5, 5.41) is 2.13. The molecule has 0 saturated carbocycles. The van der Waals surface area contributed by atoms with Gasteiger partial charge in [0.05, 0.1) is 6.33 Å². The zero-order chi connectivity index (χ0) is 20.6. The number of amides is 2. The van der Waals surface area contributed by atoms with E-state index >= 15 is 0 Å². The van der Waals surface area contributed by atoms with E-state index < -0.39 is 24.0 Å². The van der Waals surface area contributed by atoms with Crippen LogP contribution in [0.1, 0.15) is 16.8 Å². The summed E-state index contributed by atoms with van der Waals surface area (Å²) in [6, 6.07) is -0.00324. The topological polar surface area (TPSA) is 80.1 Å². The third kappa shape index (κ3) is 5.66. The van der Waals surface area contributed by atoms with Gasteiger partial charge in [-0.25, -0.2) is 4.98 Å². The van der Waals surface area contributed by atoms with Gasteiger partial charge in [-0.15, -0.1) is 6.58 Å². The van der Waals surface area contributed by atoms with E-state index in [4.69, 9.17) is 0 Å². The molecule has 0 aromatic carbocycles. The highest BCUT2D eigenvalue weighted by Crippen LogP contribution is 2.27. The van der Waals surface area contributed by atoms with Crippen molar-refractivity contribution in [1.29, 1.82) is 0 Å². The standard InChI is InChI=1S/C18H20F3N5O2/c1-2-6-24-16(27)15(18(19,20)21)26(11-3-10-25-12-9-23-13-25)17(28)14-4-7-22-8-5-14/h2,4-5,7-9,12-13,15H,1,3,6,10-11H2,(H,24,27). The van der Waals surface area contributed by atoms with Crippen LogP contribution in [0.4, 0.5) is 13.2 Å². The molecule has 1 unspecified atom stereocenters. The van der Waals surface area contributed by atoms with E-state index in [2.05, 4.69) is 21.9 Å². The first-order valence-electron chi connectivity index (χ1n) is 8.46. The van der Waals surface area contributed by atoms with Crippen molar-refractivity contribution in [2.75, 3.05) is 13.1 Å². The van der Waals surface area contributed by atoms with Crippen LogP contribution < -0.4 is 5.32 Å². The Morgan fingerprint density at radius 2 is 1.96 bits per heavy atom. The van der Waals surface area contributed by atoms with Crippen LogP contribution in [0.5, 0.6) is 0 Å². The maximum atomic E-state index is 13.7. The van der Waals surface area contributed by atoms with Crippen molar-refractivity contribution in [3.63, 3.8) is 0 Å². The van der Waals surface area contributed by atoms with Gasteiger partial charge >= 0.3 is 6.18 Å². The van der Waals surface area contributed by atoms with Gasteiger partial charge in [0.2, 0.25) is 6.04 Å². The zero-order valence-electron chi connectivity index (χ0n) is 15.0. The van der Waals surface area contributed by atoms with E-state index in [0.29, 0.717) is 11.4 Å². The number of pyridine rings is 1. The van der Waals surface area contributed by atoms with Crippen molar-refractivity contribution in [3.05, 3.63) is 61.5 Å². The SMILES string of the molecule is C=CCNC(=O)C(N(CCCn1ccnc1)C(=O)c1ccncc1)C(F)(F)F.